The van der Waals surface area contributed by atoms with Crippen molar-refractivity contribution in [1.82, 2.24) is 10.2 Å². The van der Waals surface area contributed by atoms with Crippen LogP contribution in [0.5, 0.6) is 5.75 Å². The van der Waals surface area contributed by atoms with Gasteiger partial charge in [-0.05, 0) is 43.7 Å². The highest BCUT2D eigenvalue weighted by atomic mass is 16.5. The van der Waals surface area contributed by atoms with Crippen LogP contribution in [-0.2, 0) is 6.42 Å². The van der Waals surface area contributed by atoms with E-state index in [2.05, 4.69) is 12.2 Å². The van der Waals surface area contributed by atoms with Gasteiger partial charge in [0.05, 0.1) is 0 Å². The topological polar surface area (TPSA) is 61.8 Å². The SMILES string of the molecule is CCc1ccccc1OCNC(=O)N1CCCCC1CCO. The number of benzene rings is 1. The van der Waals surface area contributed by atoms with E-state index >= 15 is 0 Å². The van der Waals surface area contributed by atoms with E-state index in [1.165, 1.54) is 0 Å². The number of likely N-dealkylation sites (tertiary alicyclic amines) is 1. The number of nitrogens with one attached hydrogen (secondary N) is 1. The first kappa shape index (κ1) is 16.6. The fraction of sp³-hybridized carbons (Fsp3) is 0.588. The molecule has 1 aliphatic heterocycles. The summed E-state index contributed by atoms with van der Waals surface area (Å²) in [6, 6.07) is 7.89. The highest BCUT2D eigenvalue weighted by molar-refractivity contribution is 5.74. The number of carbonyl (C=O) groups is 1. The van der Waals surface area contributed by atoms with Crippen LogP contribution >= 0.6 is 0 Å². The van der Waals surface area contributed by atoms with Crippen molar-refractivity contribution in [2.24, 2.45) is 0 Å². The third kappa shape index (κ3) is 4.37. The number of amides is 2. The maximum absolute atomic E-state index is 12.3. The van der Waals surface area contributed by atoms with Gasteiger partial charge in [0.1, 0.15) is 5.75 Å². The van der Waals surface area contributed by atoms with Crippen molar-refractivity contribution >= 4 is 6.03 Å². The Morgan fingerprint density at radius 1 is 1.41 bits per heavy atom. The third-order valence-corrected chi connectivity index (χ3v) is 4.15. The number of piperidine rings is 1. The van der Waals surface area contributed by atoms with Crippen molar-refractivity contribution in [2.45, 2.75) is 45.1 Å². The molecular formula is C17H26N2O3. The first-order chi connectivity index (χ1) is 10.8. The molecule has 0 aromatic heterocycles. The zero-order valence-electron chi connectivity index (χ0n) is 13.3. The van der Waals surface area contributed by atoms with Crippen LogP contribution in [0.15, 0.2) is 24.3 Å². The minimum atomic E-state index is -0.105. The van der Waals surface area contributed by atoms with E-state index in [-0.39, 0.29) is 25.4 Å². The molecule has 5 nitrogen and oxygen atoms in total. The van der Waals surface area contributed by atoms with Crippen molar-refractivity contribution in [3.05, 3.63) is 29.8 Å². The fourth-order valence-electron chi connectivity index (χ4n) is 2.93. The summed E-state index contributed by atoms with van der Waals surface area (Å²) in [6.45, 7) is 3.11. The van der Waals surface area contributed by atoms with E-state index in [1.807, 2.05) is 29.2 Å². The summed E-state index contributed by atoms with van der Waals surface area (Å²) in [5.74, 6) is 0.816. The maximum atomic E-state index is 12.3. The molecule has 0 spiro atoms. The Kier molecular flexibility index (Phi) is 6.52. The minimum Gasteiger partial charge on any atom is -0.473 e. The van der Waals surface area contributed by atoms with Gasteiger partial charge in [-0.2, -0.15) is 0 Å². The van der Waals surface area contributed by atoms with Gasteiger partial charge in [-0.25, -0.2) is 4.79 Å². The zero-order valence-corrected chi connectivity index (χ0v) is 13.3. The number of hydrogen-bond acceptors (Lipinski definition) is 3. The summed E-state index contributed by atoms with van der Waals surface area (Å²) in [5, 5.41) is 11.9. The third-order valence-electron chi connectivity index (χ3n) is 4.15. The van der Waals surface area contributed by atoms with Crippen LogP contribution in [0.4, 0.5) is 4.79 Å². The summed E-state index contributed by atoms with van der Waals surface area (Å²) in [7, 11) is 0. The lowest BCUT2D eigenvalue weighted by atomic mass is 10.0. The van der Waals surface area contributed by atoms with Gasteiger partial charge < -0.3 is 20.1 Å². The molecule has 2 amide bonds. The number of hydrogen-bond donors (Lipinski definition) is 2. The van der Waals surface area contributed by atoms with Gasteiger partial charge >= 0.3 is 6.03 Å². The van der Waals surface area contributed by atoms with Crippen LogP contribution in [0, 0.1) is 0 Å². The molecule has 0 bridgehead atoms. The maximum Gasteiger partial charge on any atom is 0.320 e. The Bertz CT molecular complexity index is 477. The molecule has 1 aliphatic rings. The Hall–Kier alpha value is -1.75. The Morgan fingerprint density at radius 2 is 2.23 bits per heavy atom. The highest BCUT2D eigenvalue weighted by Gasteiger charge is 2.25. The summed E-state index contributed by atoms with van der Waals surface area (Å²) < 4.78 is 5.68. The second-order valence-electron chi connectivity index (χ2n) is 5.59. The zero-order chi connectivity index (χ0) is 15.8. The molecule has 122 valence electrons. The number of aryl methyl sites for hydroxylation is 1. The predicted octanol–water partition coefficient (Wildman–Crippen LogP) is 2.53. The van der Waals surface area contributed by atoms with Gasteiger partial charge in [-0.15, -0.1) is 0 Å². The van der Waals surface area contributed by atoms with Gasteiger partial charge in [-0.3, -0.25) is 0 Å². The van der Waals surface area contributed by atoms with Gasteiger partial charge in [0.25, 0.3) is 0 Å². The lowest BCUT2D eigenvalue weighted by molar-refractivity contribution is 0.126. The number of urea groups is 1. The van der Waals surface area contributed by atoms with Gasteiger partial charge in [0, 0.05) is 19.2 Å². The van der Waals surface area contributed by atoms with Crippen molar-refractivity contribution in [3.63, 3.8) is 0 Å². The number of aliphatic hydroxyl groups excluding tert-OH is 1. The molecule has 1 saturated heterocycles. The highest BCUT2D eigenvalue weighted by Crippen LogP contribution is 2.20. The summed E-state index contributed by atoms with van der Waals surface area (Å²) in [4.78, 5) is 14.1. The monoisotopic (exact) mass is 306 g/mol. The molecule has 22 heavy (non-hydrogen) atoms. The first-order valence-electron chi connectivity index (χ1n) is 8.12. The summed E-state index contributed by atoms with van der Waals surface area (Å²) in [6.07, 6.45) is 4.65. The minimum absolute atomic E-state index is 0.105. The second-order valence-corrected chi connectivity index (χ2v) is 5.59. The molecule has 0 aliphatic carbocycles. The lowest BCUT2D eigenvalue weighted by Gasteiger charge is -2.35. The fourth-order valence-corrected chi connectivity index (χ4v) is 2.93. The molecule has 5 heteroatoms. The lowest BCUT2D eigenvalue weighted by Crippen LogP contribution is -2.49. The molecule has 0 radical (unpaired) electrons. The normalized spacial score (nSPS) is 18.1. The van der Waals surface area contributed by atoms with E-state index in [9.17, 15) is 4.79 Å². The van der Waals surface area contributed by atoms with E-state index in [0.717, 1.165) is 43.5 Å². The first-order valence-corrected chi connectivity index (χ1v) is 8.12. The van der Waals surface area contributed by atoms with Gasteiger partial charge in [0.2, 0.25) is 0 Å². The average molecular weight is 306 g/mol. The molecule has 1 aromatic carbocycles. The largest absolute Gasteiger partial charge is 0.473 e. The van der Waals surface area contributed by atoms with E-state index < -0.39 is 0 Å². The number of para-hydroxylation sites is 1. The van der Waals surface area contributed by atoms with Crippen molar-refractivity contribution in [3.8, 4) is 5.75 Å². The van der Waals surface area contributed by atoms with Crippen LogP contribution in [0.3, 0.4) is 0 Å². The molecule has 1 fully saturated rings. The Balaban J connectivity index is 1.84. The van der Waals surface area contributed by atoms with Gasteiger partial charge in [0.15, 0.2) is 6.73 Å². The van der Waals surface area contributed by atoms with Crippen molar-refractivity contribution < 1.29 is 14.6 Å². The molecule has 1 atom stereocenters. The van der Waals surface area contributed by atoms with Crippen molar-refractivity contribution in [2.75, 3.05) is 19.9 Å². The smallest absolute Gasteiger partial charge is 0.320 e. The number of nitrogens with zero attached hydrogens (tertiary/aromatic N) is 1. The quantitative estimate of drug-likeness (QED) is 0.794. The van der Waals surface area contributed by atoms with Crippen molar-refractivity contribution in [1.29, 1.82) is 0 Å². The van der Waals surface area contributed by atoms with E-state index in [4.69, 9.17) is 9.84 Å². The molecule has 1 aromatic rings. The average Bonchev–Trinajstić information content (AvgIpc) is 2.56. The molecular weight excluding hydrogens is 280 g/mol. The predicted molar refractivity (Wildman–Crippen MR) is 85.9 cm³/mol. The molecule has 1 heterocycles. The van der Waals surface area contributed by atoms with Gasteiger partial charge in [-0.1, -0.05) is 25.1 Å². The number of rotatable bonds is 6. The van der Waals surface area contributed by atoms with E-state index in [0.29, 0.717) is 6.42 Å². The number of carbonyl (C=O) groups excluding carboxylic acids is 1. The van der Waals surface area contributed by atoms with Crippen LogP contribution in [-0.4, -0.2) is 42.0 Å². The summed E-state index contributed by atoms with van der Waals surface area (Å²) in [5.41, 5.74) is 1.13. The van der Waals surface area contributed by atoms with Crippen LogP contribution in [0.2, 0.25) is 0 Å². The Labute approximate surface area is 132 Å². The molecule has 0 saturated carbocycles. The van der Waals surface area contributed by atoms with E-state index in [1.54, 1.807) is 0 Å². The van der Waals surface area contributed by atoms with Crippen LogP contribution in [0.1, 0.15) is 38.2 Å². The summed E-state index contributed by atoms with van der Waals surface area (Å²) >= 11 is 0. The Morgan fingerprint density at radius 3 is 3.00 bits per heavy atom. The molecule has 2 rings (SSSR count). The second kappa shape index (κ2) is 8.63. The molecule has 1 unspecified atom stereocenters. The number of aliphatic hydroxyl groups is 1. The van der Waals surface area contributed by atoms with Crippen LogP contribution < -0.4 is 10.1 Å². The molecule has 2 N–H and O–H groups in total. The van der Waals surface area contributed by atoms with Crippen LogP contribution in [0.25, 0.3) is 0 Å². The standard InChI is InChI=1S/C17H26N2O3/c1-2-14-7-3-4-9-16(14)22-13-18-17(21)19-11-6-5-8-15(19)10-12-20/h3-4,7,9,15,20H,2,5-6,8,10-13H2,1H3,(H,18,21). The number of ether oxygens (including phenoxy) is 1.